The molecule has 1 N–H and O–H groups in total. The first-order chi connectivity index (χ1) is 9.47. The molecule has 0 unspecified atom stereocenters. The van der Waals surface area contributed by atoms with Gasteiger partial charge in [0, 0.05) is 6.07 Å². The van der Waals surface area contributed by atoms with Crippen molar-refractivity contribution < 1.29 is 19.6 Å². The van der Waals surface area contributed by atoms with Crippen LogP contribution in [0.15, 0.2) is 46.9 Å². The number of nitro benzene ring substituents is 1. The molecule has 0 saturated carbocycles. The monoisotopic (exact) mass is 337 g/mol. The average molecular weight is 338 g/mol. The van der Waals surface area contributed by atoms with E-state index < -0.39 is 10.9 Å². The van der Waals surface area contributed by atoms with Gasteiger partial charge in [-0.3, -0.25) is 10.1 Å². The summed E-state index contributed by atoms with van der Waals surface area (Å²) in [6.07, 6.45) is 0. The second kappa shape index (κ2) is 5.70. The van der Waals surface area contributed by atoms with Crippen LogP contribution in [0, 0.1) is 10.1 Å². The van der Waals surface area contributed by atoms with Gasteiger partial charge in [-0.2, -0.15) is 0 Å². The van der Waals surface area contributed by atoms with Crippen molar-refractivity contribution >= 4 is 27.6 Å². The van der Waals surface area contributed by atoms with E-state index in [1.54, 1.807) is 6.07 Å². The molecule has 20 heavy (non-hydrogen) atoms. The molecule has 0 spiro atoms. The smallest absolute Gasteiger partial charge is 0.335 e. The highest BCUT2D eigenvalue weighted by Gasteiger charge is 2.11. The van der Waals surface area contributed by atoms with Crippen LogP contribution in [0.2, 0.25) is 0 Å². The molecule has 0 saturated heterocycles. The Morgan fingerprint density at radius 2 is 2.00 bits per heavy atom. The van der Waals surface area contributed by atoms with Crippen molar-refractivity contribution in [3.63, 3.8) is 0 Å². The Kier molecular flexibility index (Phi) is 3.99. The summed E-state index contributed by atoms with van der Waals surface area (Å²) >= 11 is 3.23. The Morgan fingerprint density at radius 3 is 2.65 bits per heavy atom. The first-order valence-corrected chi connectivity index (χ1v) is 6.22. The van der Waals surface area contributed by atoms with Crippen LogP contribution in [0.4, 0.5) is 5.69 Å². The third kappa shape index (κ3) is 3.12. The lowest BCUT2D eigenvalue weighted by Gasteiger charge is -2.08. The van der Waals surface area contributed by atoms with Crippen molar-refractivity contribution in [2.45, 2.75) is 0 Å². The van der Waals surface area contributed by atoms with E-state index in [1.165, 1.54) is 36.4 Å². The number of halogens is 1. The maximum atomic E-state index is 10.9. The summed E-state index contributed by atoms with van der Waals surface area (Å²) in [5.74, 6) is -0.561. The number of ether oxygens (including phenoxy) is 1. The van der Waals surface area contributed by atoms with Crippen LogP contribution in [-0.2, 0) is 0 Å². The molecule has 0 aliphatic carbocycles. The fraction of sp³-hybridized carbons (Fsp3) is 0. The lowest BCUT2D eigenvalue weighted by molar-refractivity contribution is -0.384. The number of aromatic carboxylic acids is 1. The normalized spacial score (nSPS) is 10.1. The predicted octanol–water partition coefficient (Wildman–Crippen LogP) is 3.85. The molecule has 2 aromatic rings. The minimum Gasteiger partial charge on any atom is -0.478 e. The molecule has 0 bridgehead atoms. The fourth-order valence-electron chi connectivity index (χ4n) is 1.50. The molecule has 0 aliphatic rings. The van der Waals surface area contributed by atoms with Crippen LogP contribution in [0.25, 0.3) is 0 Å². The van der Waals surface area contributed by atoms with E-state index in [9.17, 15) is 14.9 Å². The van der Waals surface area contributed by atoms with Crippen molar-refractivity contribution in [2.24, 2.45) is 0 Å². The molecule has 0 radical (unpaired) electrons. The van der Waals surface area contributed by atoms with Crippen molar-refractivity contribution in [3.8, 4) is 11.5 Å². The van der Waals surface area contributed by atoms with Crippen LogP contribution in [0.3, 0.4) is 0 Å². The van der Waals surface area contributed by atoms with Gasteiger partial charge in [0.05, 0.1) is 21.0 Å². The highest BCUT2D eigenvalue weighted by molar-refractivity contribution is 9.10. The van der Waals surface area contributed by atoms with E-state index >= 15 is 0 Å². The van der Waals surface area contributed by atoms with Crippen molar-refractivity contribution in [1.82, 2.24) is 0 Å². The summed E-state index contributed by atoms with van der Waals surface area (Å²) in [4.78, 5) is 21.0. The molecule has 2 aromatic carbocycles. The van der Waals surface area contributed by atoms with Gasteiger partial charge in [-0.1, -0.05) is 6.07 Å². The summed E-state index contributed by atoms with van der Waals surface area (Å²) in [5, 5.41) is 19.6. The topological polar surface area (TPSA) is 89.7 Å². The van der Waals surface area contributed by atoms with E-state index in [2.05, 4.69) is 15.9 Å². The maximum absolute atomic E-state index is 10.9. The summed E-state index contributed by atoms with van der Waals surface area (Å²) in [6, 6.07) is 9.94. The van der Waals surface area contributed by atoms with Crippen molar-refractivity contribution in [2.75, 3.05) is 0 Å². The first-order valence-electron chi connectivity index (χ1n) is 5.42. The van der Waals surface area contributed by atoms with Gasteiger partial charge >= 0.3 is 5.97 Å². The Hall–Kier alpha value is -2.41. The standard InChI is InChI=1S/C13H8BrNO5/c14-11-5-4-8(13(16)17)6-12(11)20-10-3-1-2-9(7-10)15(18)19/h1-7H,(H,16,17). The molecule has 6 nitrogen and oxygen atoms in total. The Morgan fingerprint density at radius 1 is 1.25 bits per heavy atom. The van der Waals surface area contributed by atoms with Gasteiger partial charge in [0.15, 0.2) is 0 Å². The Balaban J connectivity index is 2.34. The number of hydrogen-bond donors (Lipinski definition) is 1. The molecule has 0 amide bonds. The number of nitro groups is 1. The number of benzene rings is 2. The lowest BCUT2D eigenvalue weighted by atomic mass is 10.2. The van der Waals surface area contributed by atoms with Gasteiger partial charge in [0.1, 0.15) is 11.5 Å². The van der Waals surface area contributed by atoms with Gasteiger partial charge in [-0.05, 0) is 40.2 Å². The van der Waals surface area contributed by atoms with Crippen molar-refractivity contribution in [1.29, 1.82) is 0 Å². The van der Waals surface area contributed by atoms with Crippen LogP contribution >= 0.6 is 15.9 Å². The largest absolute Gasteiger partial charge is 0.478 e. The number of non-ortho nitro benzene ring substituents is 1. The number of carboxylic acids is 1. The van der Waals surface area contributed by atoms with E-state index in [0.29, 0.717) is 4.47 Å². The van der Waals surface area contributed by atoms with E-state index in [-0.39, 0.29) is 22.7 Å². The Labute approximate surface area is 121 Å². The minimum absolute atomic E-state index is 0.0635. The second-order valence-corrected chi connectivity index (χ2v) is 4.66. The van der Waals surface area contributed by atoms with E-state index in [1.807, 2.05) is 0 Å². The zero-order valence-electron chi connectivity index (χ0n) is 9.95. The van der Waals surface area contributed by atoms with Crippen LogP contribution in [0.5, 0.6) is 11.5 Å². The minimum atomic E-state index is -1.08. The Bertz CT molecular complexity index is 686. The quantitative estimate of drug-likeness (QED) is 0.676. The lowest BCUT2D eigenvalue weighted by Crippen LogP contribution is -1.97. The highest BCUT2D eigenvalue weighted by atomic mass is 79.9. The molecule has 0 atom stereocenters. The van der Waals surface area contributed by atoms with Crippen LogP contribution in [-0.4, -0.2) is 16.0 Å². The number of rotatable bonds is 4. The number of nitrogens with zero attached hydrogens (tertiary/aromatic N) is 1. The molecule has 0 aliphatic heterocycles. The third-order valence-corrected chi connectivity index (χ3v) is 3.09. The molecule has 102 valence electrons. The summed E-state index contributed by atoms with van der Waals surface area (Å²) in [6.45, 7) is 0. The molecule has 7 heteroatoms. The van der Waals surface area contributed by atoms with Gasteiger partial charge in [-0.15, -0.1) is 0 Å². The SMILES string of the molecule is O=C(O)c1ccc(Br)c(Oc2cccc([N+](=O)[O-])c2)c1. The second-order valence-electron chi connectivity index (χ2n) is 3.81. The summed E-state index contributed by atoms with van der Waals surface area (Å²) in [5.41, 5.74) is -0.0401. The molecule has 2 rings (SSSR count). The molecule has 0 heterocycles. The zero-order chi connectivity index (χ0) is 14.7. The van der Waals surface area contributed by atoms with Crippen molar-refractivity contribution in [3.05, 3.63) is 62.6 Å². The van der Waals surface area contributed by atoms with Gasteiger partial charge in [-0.25, -0.2) is 4.79 Å². The third-order valence-electron chi connectivity index (χ3n) is 2.43. The van der Waals surface area contributed by atoms with Crippen LogP contribution < -0.4 is 4.74 Å². The fourth-order valence-corrected chi connectivity index (χ4v) is 1.83. The summed E-state index contributed by atoms with van der Waals surface area (Å²) in [7, 11) is 0. The maximum Gasteiger partial charge on any atom is 0.335 e. The van der Waals surface area contributed by atoms with Gasteiger partial charge in [0.2, 0.25) is 0 Å². The number of hydrogen-bond acceptors (Lipinski definition) is 4. The van der Waals surface area contributed by atoms with E-state index in [0.717, 1.165) is 0 Å². The first kappa shape index (κ1) is 14.0. The van der Waals surface area contributed by atoms with Gasteiger partial charge in [0.25, 0.3) is 5.69 Å². The van der Waals surface area contributed by atoms with E-state index in [4.69, 9.17) is 9.84 Å². The molecular weight excluding hydrogens is 330 g/mol. The number of carboxylic acid groups (broad SMARTS) is 1. The highest BCUT2D eigenvalue weighted by Crippen LogP contribution is 2.32. The van der Waals surface area contributed by atoms with Crippen LogP contribution in [0.1, 0.15) is 10.4 Å². The number of carbonyl (C=O) groups is 1. The predicted molar refractivity (Wildman–Crippen MR) is 74.3 cm³/mol. The van der Waals surface area contributed by atoms with Gasteiger partial charge < -0.3 is 9.84 Å². The average Bonchev–Trinajstić information content (AvgIpc) is 2.41. The summed E-state index contributed by atoms with van der Waals surface area (Å²) < 4.78 is 6.03. The zero-order valence-corrected chi connectivity index (χ0v) is 11.5. The molecule has 0 fully saturated rings. The molecule has 0 aromatic heterocycles. The molecular formula is C13H8BrNO5.